The maximum Gasteiger partial charge on any atom is 0.162 e. The molecule has 0 bridgehead atoms. The van der Waals surface area contributed by atoms with Crippen LogP contribution in [0, 0.1) is 0 Å². The van der Waals surface area contributed by atoms with Crippen LogP contribution in [0.1, 0.15) is 11.1 Å². The molecule has 0 saturated carbocycles. The van der Waals surface area contributed by atoms with Crippen LogP contribution in [0.3, 0.4) is 0 Å². The number of phenolic OH excluding ortho intramolecular Hbond substituents is 2. The lowest BCUT2D eigenvalue weighted by Gasteiger charge is -2.08. The van der Waals surface area contributed by atoms with Gasteiger partial charge in [-0.15, -0.1) is 0 Å². The molecule has 0 unspecified atom stereocenters. The Kier molecular flexibility index (Phi) is 2.52. The predicted molar refractivity (Wildman–Crippen MR) is 43.6 cm³/mol. The lowest BCUT2D eigenvalue weighted by atomic mass is 10.1. The Morgan fingerprint density at radius 3 is 2.42 bits per heavy atom. The number of hydrogen-bond donors (Lipinski definition) is 4. The SMILES string of the molecule is NCc1c(CO)ccc(O)c1O. The molecular formula is C8H11NO3. The van der Waals surface area contributed by atoms with Crippen molar-refractivity contribution >= 4 is 0 Å². The molecule has 4 nitrogen and oxygen atoms in total. The molecule has 0 aliphatic rings. The van der Waals surface area contributed by atoms with E-state index in [-0.39, 0.29) is 24.7 Å². The van der Waals surface area contributed by atoms with Crippen LogP contribution >= 0.6 is 0 Å². The molecule has 5 N–H and O–H groups in total. The Morgan fingerprint density at radius 2 is 1.92 bits per heavy atom. The summed E-state index contributed by atoms with van der Waals surface area (Å²) >= 11 is 0. The van der Waals surface area contributed by atoms with Crippen LogP contribution in [0.5, 0.6) is 11.5 Å². The number of aromatic hydroxyl groups is 2. The van der Waals surface area contributed by atoms with E-state index in [0.29, 0.717) is 11.1 Å². The normalized spacial score (nSPS) is 10.2. The van der Waals surface area contributed by atoms with Crippen LogP contribution in [0.15, 0.2) is 12.1 Å². The fourth-order valence-electron chi connectivity index (χ4n) is 1.04. The molecule has 12 heavy (non-hydrogen) atoms. The van der Waals surface area contributed by atoms with Gasteiger partial charge < -0.3 is 21.1 Å². The molecule has 0 spiro atoms. The number of benzene rings is 1. The zero-order valence-corrected chi connectivity index (χ0v) is 6.49. The number of aliphatic hydroxyl groups is 1. The van der Waals surface area contributed by atoms with E-state index < -0.39 is 0 Å². The van der Waals surface area contributed by atoms with Gasteiger partial charge in [0, 0.05) is 12.1 Å². The lowest BCUT2D eigenvalue weighted by molar-refractivity contribution is 0.279. The smallest absolute Gasteiger partial charge is 0.162 e. The van der Waals surface area contributed by atoms with E-state index >= 15 is 0 Å². The topological polar surface area (TPSA) is 86.7 Å². The van der Waals surface area contributed by atoms with E-state index in [1.807, 2.05) is 0 Å². The molecule has 0 aromatic heterocycles. The quantitative estimate of drug-likeness (QED) is 0.471. The van der Waals surface area contributed by atoms with E-state index in [1.54, 1.807) is 0 Å². The molecule has 0 radical (unpaired) electrons. The number of phenols is 2. The molecule has 66 valence electrons. The highest BCUT2D eigenvalue weighted by Gasteiger charge is 2.09. The van der Waals surface area contributed by atoms with E-state index in [1.165, 1.54) is 12.1 Å². The molecule has 0 atom stereocenters. The van der Waals surface area contributed by atoms with E-state index in [2.05, 4.69) is 0 Å². The maximum atomic E-state index is 9.27. The first-order chi connectivity index (χ1) is 5.70. The minimum Gasteiger partial charge on any atom is -0.504 e. The molecule has 0 amide bonds. The van der Waals surface area contributed by atoms with E-state index in [9.17, 15) is 5.11 Å². The van der Waals surface area contributed by atoms with Gasteiger partial charge in [0.05, 0.1) is 6.61 Å². The summed E-state index contributed by atoms with van der Waals surface area (Å²) in [7, 11) is 0. The van der Waals surface area contributed by atoms with Gasteiger partial charge >= 0.3 is 0 Å². The second-order valence-corrected chi connectivity index (χ2v) is 2.43. The highest BCUT2D eigenvalue weighted by atomic mass is 16.3. The third kappa shape index (κ3) is 1.34. The van der Waals surface area contributed by atoms with Crippen molar-refractivity contribution in [3.63, 3.8) is 0 Å². The largest absolute Gasteiger partial charge is 0.504 e. The Bertz CT molecular complexity index is 286. The Hall–Kier alpha value is -1.26. The fourth-order valence-corrected chi connectivity index (χ4v) is 1.04. The number of aliphatic hydroxyl groups excluding tert-OH is 1. The first-order valence-corrected chi connectivity index (χ1v) is 3.54. The summed E-state index contributed by atoms with van der Waals surface area (Å²) in [6, 6.07) is 2.84. The van der Waals surface area contributed by atoms with Crippen LogP contribution < -0.4 is 5.73 Å². The minimum absolute atomic E-state index is 0.0934. The molecule has 0 aliphatic carbocycles. The summed E-state index contributed by atoms with van der Waals surface area (Å²) in [5.74, 6) is -0.461. The van der Waals surface area contributed by atoms with Gasteiger partial charge in [0.25, 0.3) is 0 Å². The Labute approximate surface area is 69.9 Å². The van der Waals surface area contributed by atoms with Crippen molar-refractivity contribution in [3.8, 4) is 11.5 Å². The van der Waals surface area contributed by atoms with Crippen LogP contribution in [-0.2, 0) is 13.2 Å². The zero-order valence-electron chi connectivity index (χ0n) is 6.49. The summed E-state index contributed by atoms with van der Waals surface area (Å²) in [6.45, 7) is -0.101. The summed E-state index contributed by atoms with van der Waals surface area (Å²) in [5.41, 5.74) is 6.24. The molecular weight excluding hydrogens is 158 g/mol. The van der Waals surface area contributed by atoms with Crippen molar-refractivity contribution in [2.24, 2.45) is 5.73 Å². The van der Waals surface area contributed by atoms with Crippen LogP contribution in [0.25, 0.3) is 0 Å². The van der Waals surface area contributed by atoms with Crippen LogP contribution in [-0.4, -0.2) is 15.3 Å². The number of rotatable bonds is 2. The lowest BCUT2D eigenvalue weighted by Crippen LogP contribution is -2.01. The van der Waals surface area contributed by atoms with Crippen molar-refractivity contribution in [2.45, 2.75) is 13.2 Å². The molecule has 1 aromatic rings. The molecule has 0 saturated heterocycles. The number of hydrogen-bond acceptors (Lipinski definition) is 4. The van der Waals surface area contributed by atoms with E-state index in [4.69, 9.17) is 15.9 Å². The highest BCUT2D eigenvalue weighted by molar-refractivity contribution is 5.48. The van der Waals surface area contributed by atoms with Crippen LogP contribution in [0.2, 0.25) is 0 Å². The molecule has 0 heterocycles. The van der Waals surface area contributed by atoms with Gasteiger partial charge in [-0.1, -0.05) is 6.07 Å². The van der Waals surface area contributed by atoms with Crippen molar-refractivity contribution in [2.75, 3.05) is 0 Å². The third-order valence-electron chi connectivity index (χ3n) is 1.73. The summed E-state index contributed by atoms with van der Waals surface area (Å²) < 4.78 is 0. The maximum absolute atomic E-state index is 9.27. The van der Waals surface area contributed by atoms with Crippen molar-refractivity contribution in [1.82, 2.24) is 0 Å². The monoisotopic (exact) mass is 169 g/mol. The average Bonchev–Trinajstić information content (AvgIpc) is 2.09. The van der Waals surface area contributed by atoms with Gasteiger partial charge in [0.15, 0.2) is 11.5 Å². The number of nitrogens with two attached hydrogens (primary N) is 1. The van der Waals surface area contributed by atoms with Crippen molar-refractivity contribution in [1.29, 1.82) is 0 Å². The van der Waals surface area contributed by atoms with Gasteiger partial charge in [-0.25, -0.2) is 0 Å². The molecule has 4 heteroatoms. The zero-order chi connectivity index (χ0) is 9.14. The van der Waals surface area contributed by atoms with Gasteiger partial charge in [-0.05, 0) is 11.6 Å². The molecule has 1 rings (SSSR count). The Morgan fingerprint density at radius 1 is 1.25 bits per heavy atom. The second-order valence-electron chi connectivity index (χ2n) is 2.43. The summed E-state index contributed by atoms with van der Waals surface area (Å²) in [4.78, 5) is 0. The summed E-state index contributed by atoms with van der Waals surface area (Å²) in [6.07, 6.45) is 0. The molecule has 1 aromatic carbocycles. The van der Waals surface area contributed by atoms with Crippen molar-refractivity contribution in [3.05, 3.63) is 23.3 Å². The third-order valence-corrected chi connectivity index (χ3v) is 1.73. The fraction of sp³-hybridized carbons (Fsp3) is 0.250. The van der Waals surface area contributed by atoms with Crippen LogP contribution in [0.4, 0.5) is 0 Å². The Balaban J connectivity index is 3.25. The standard InChI is InChI=1S/C8H11NO3/c9-3-6-5(4-10)1-2-7(11)8(6)12/h1-2,10-12H,3-4,9H2. The predicted octanol–water partition coefficient (Wildman–Crippen LogP) is 0.0488. The first kappa shape index (κ1) is 8.83. The average molecular weight is 169 g/mol. The first-order valence-electron chi connectivity index (χ1n) is 3.54. The van der Waals surface area contributed by atoms with Gasteiger partial charge in [0.1, 0.15) is 0 Å². The van der Waals surface area contributed by atoms with Gasteiger partial charge in [-0.2, -0.15) is 0 Å². The molecule has 0 aliphatic heterocycles. The molecule has 0 fully saturated rings. The van der Waals surface area contributed by atoms with Gasteiger partial charge in [-0.3, -0.25) is 0 Å². The second kappa shape index (κ2) is 3.42. The van der Waals surface area contributed by atoms with E-state index in [0.717, 1.165) is 0 Å². The minimum atomic E-state index is -0.246. The van der Waals surface area contributed by atoms with Crippen molar-refractivity contribution < 1.29 is 15.3 Å². The summed E-state index contributed by atoms with van der Waals surface area (Å²) in [5, 5.41) is 27.1. The van der Waals surface area contributed by atoms with Gasteiger partial charge in [0.2, 0.25) is 0 Å². The highest BCUT2D eigenvalue weighted by Crippen LogP contribution is 2.30.